The molecular weight excluding hydrogens is 328 g/mol. The van der Waals surface area contributed by atoms with Crippen molar-refractivity contribution in [3.63, 3.8) is 0 Å². The van der Waals surface area contributed by atoms with Crippen molar-refractivity contribution in [1.29, 1.82) is 0 Å². The van der Waals surface area contributed by atoms with Crippen molar-refractivity contribution in [2.75, 3.05) is 13.1 Å². The number of amides is 1. The topological polar surface area (TPSA) is 33.2 Å². The third-order valence-corrected chi connectivity index (χ3v) is 6.09. The fraction of sp³-hybridized carbons (Fsp3) is 0.333. The Hall–Kier alpha value is -2.20. The Kier molecular flexibility index (Phi) is 4.53. The zero-order valence-electron chi connectivity index (χ0n) is 14.5. The molecule has 3 aromatic rings. The SMILES string of the molecule is Cc1nc(Cc2cccc3ccccc23)sc1CC(=O)N1CCCC1. The van der Waals surface area contributed by atoms with Crippen LogP contribution < -0.4 is 0 Å². The van der Waals surface area contributed by atoms with Crippen molar-refractivity contribution in [2.45, 2.75) is 32.6 Å². The van der Waals surface area contributed by atoms with Gasteiger partial charge in [0.1, 0.15) is 0 Å². The molecule has 1 aliphatic rings. The van der Waals surface area contributed by atoms with Gasteiger partial charge in [0.05, 0.1) is 17.1 Å². The maximum Gasteiger partial charge on any atom is 0.227 e. The molecule has 4 rings (SSSR count). The van der Waals surface area contributed by atoms with Crippen LogP contribution in [-0.4, -0.2) is 28.9 Å². The van der Waals surface area contributed by atoms with E-state index in [1.54, 1.807) is 11.3 Å². The summed E-state index contributed by atoms with van der Waals surface area (Å²) in [4.78, 5) is 20.3. The Balaban J connectivity index is 1.54. The van der Waals surface area contributed by atoms with Crippen molar-refractivity contribution in [2.24, 2.45) is 0 Å². The molecule has 3 nitrogen and oxygen atoms in total. The van der Waals surface area contributed by atoms with Gasteiger partial charge >= 0.3 is 0 Å². The van der Waals surface area contributed by atoms with Gasteiger partial charge in [-0.1, -0.05) is 42.5 Å². The van der Waals surface area contributed by atoms with Gasteiger partial charge in [-0.3, -0.25) is 4.79 Å². The molecule has 0 unspecified atom stereocenters. The van der Waals surface area contributed by atoms with Gasteiger partial charge in [0, 0.05) is 24.4 Å². The summed E-state index contributed by atoms with van der Waals surface area (Å²) in [6.45, 7) is 3.86. The van der Waals surface area contributed by atoms with E-state index in [-0.39, 0.29) is 5.91 Å². The number of aryl methyl sites for hydroxylation is 1. The summed E-state index contributed by atoms with van der Waals surface area (Å²) in [5.41, 5.74) is 2.30. The highest BCUT2D eigenvalue weighted by molar-refractivity contribution is 7.11. The number of likely N-dealkylation sites (tertiary alicyclic amines) is 1. The molecule has 0 saturated carbocycles. The van der Waals surface area contributed by atoms with Crippen LogP contribution in [0.15, 0.2) is 42.5 Å². The van der Waals surface area contributed by atoms with Gasteiger partial charge in [-0.05, 0) is 36.1 Å². The molecule has 2 heterocycles. The predicted octanol–water partition coefficient (Wildman–Crippen LogP) is 4.36. The number of hydrogen-bond acceptors (Lipinski definition) is 3. The molecule has 128 valence electrons. The first-order chi connectivity index (χ1) is 12.2. The third-order valence-electron chi connectivity index (χ3n) is 4.93. The zero-order valence-corrected chi connectivity index (χ0v) is 15.3. The Labute approximate surface area is 152 Å². The Morgan fingerprint density at radius 1 is 1.12 bits per heavy atom. The van der Waals surface area contributed by atoms with Gasteiger partial charge in [0.25, 0.3) is 0 Å². The van der Waals surface area contributed by atoms with Crippen LogP contribution in [0.5, 0.6) is 0 Å². The Bertz CT molecular complexity index is 904. The minimum absolute atomic E-state index is 0.251. The number of rotatable bonds is 4. The fourth-order valence-electron chi connectivity index (χ4n) is 3.55. The molecule has 0 atom stereocenters. The molecule has 0 N–H and O–H groups in total. The Morgan fingerprint density at radius 2 is 1.88 bits per heavy atom. The van der Waals surface area contributed by atoms with Crippen LogP contribution in [-0.2, 0) is 17.6 Å². The van der Waals surface area contributed by atoms with Crippen LogP contribution in [0.3, 0.4) is 0 Å². The number of nitrogens with zero attached hydrogens (tertiary/aromatic N) is 2. The quantitative estimate of drug-likeness (QED) is 0.700. The molecule has 1 aliphatic heterocycles. The van der Waals surface area contributed by atoms with E-state index in [2.05, 4.69) is 42.5 Å². The lowest BCUT2D eigenvalue weighted by molar-refractivity contribution is -0.129. The number of carbonyl (C=O) groups is 1. The van der Waals surface area contributed by atoms with Gasteiger partial charge in [0.15, 0.2) is 0 Å². The maximum atomic E-state index is 12.4. The summed E-state index contributed by atoms with van der Waals surface area (Å²) in [6, 6.07) is 14.9. The predicted molar refractivity (Wildman–Crippen MR) is 103 cm³/mol. The minimum atomic E-state index is 0.251. The van der Waals surface area contributed by atoms with Gasteiger partial charge in [0.2, 0.25) is 5.91 Å². The molecule has 1 fully saturated rings. The Morgan fingerprint density at radius 3 is 2.72 bits per heavy atom. The van der Waals surface area contributed by atoms with E-state index in [4.69, 9.17) is 4.98 Å². The highest BCUT2D eigenvalue weighted by atomic mass is 32.1. The van der Waals surface area contributed by atoms with Crippen LogP contribution >= 0.6 is 11.3 Å². The molecule has 25 heavy (non-hydrogen) atoms. The molecule has 1 amide bonds. The monoisotopic (exact) mass is 350 g/mol. The first kappa shape index (κ1) is 16.3. The largest absolute Gasteiger partial charge is 0.342 e. The standard InChI is InChI=1S/C21H22N2OS/c1-15-19(14-21(24)23-11-4-5-12-23)25-20(22-15)13-17-9-6-8-16-7-2-3-10-18(16)17/h2-3,6-10H,4-5,11-14H2,1H3. The molecular formula is C21H22N2OS. The second-order valence-electron chi connectivity index (χ2n) is 6.70. The average molecular weight is 350 g/mol. The van der Waals surface area contributed by atoms with Crippen molar-refractivity contribution in [3.8, 4) is 0 Å². The fourth-order valence-corrected chi connectivity index (χ4v) is 4.64. The van der Waals surface area contributed by atoms with E-state index in [9.17, 15) is 4.79 Å². The highest BCUT2D eigenvalue weighted by Crippen LogP contribution is 2.26. The van der Waals surface area contributed by atoms with E-state index in [1.165, 1.54) is 16.3 Å². The summed E-state index contributed by atoms with van der Waals surface area (Å²) in [5.74, 6) is 0.251. The van der Waals surface area contributed by atoms with Gasteiger partial charge in [-0.2, -0.15) is 0 Å². The molecule has 0 spiro atoms. The van der Waals surface area contributed by atoms with E-state index in [0.717, 1.165) is 47.9 Å². The lowest BCUT2D eigenvalue weighted by Crippen LogP contribution is -2.28. The van der Waals surface area contributed by atoms with Crippen LogP contribution in [0, 0.1) is 6.92 Å². The molecule has 0 bridgehead atoms. The van der Waals surface area contributed by atoms with Crippen molar-refractivity contribution in [1.82, 2.24) is 9.88 Å². The molecule has 2 aromatic carbocycles. The zero-order chi connectivity index (χ0) is 17.2. The van der Waals surface area contributed by atoms with E-state index in [1.807, 2.05) is 11.8 Å². The van der Waals surface area contributed by atoms with Crippen molar-refractivity contribution < 1.29 is 4.79 Å². The van der Waals surface area contributed by atoms with Gasteiger partial charge in [-0.25, -0.2) is 4.98 Å². The number of benzene rings is 2. The van der Waals surface area contributed by atoms with Crippen LogP contribution in [0.2, 0.25) is 0 Å². The summed E-state index contributed by atoms with van der Waals surface area (Å²) < 4.78 is 0. The summed E-state index contributed by atoms with van der Waals surface area (Å²) in [5, 5.41) is 3.64. The van der Waals surface area contributed by atoms with Crippen LogP contribution in [0.4, 0.5) is 0 Å². The normalized spacial score (nSPS) is 14.4. The molecule has 4 heteroatoms. The first-order valence-corrected chi connectivity index (χ1v) is 9.72. The number of thiazole rings is 1. The van der Waals surface area contributed by atoms with Crippen LogP contribution in [0.25, 0.3) is 10.8 Å². The maximum absolute atomic E-state index is 12.4. The van der Waals surface area contributed by atoms with E-state index < -0.39 is 0 Å². The second-order valence-corrected chi connectivity index (χ2v) is 7.86. The highest BCUT2D eigenvalue weighted by Gasteiger charge is 2.20. The third kappa shape index (κ3) is 3.45. The number of fused-ring (bicyclic) bond motifs is 1. The lowest BCUT2D eigenvalue weighted by Gasteiger charge is -2.14. The first-order valence-electron chi connectivity index (χ1n) is 8.90. The smallest absolute Gasteiger partial charge is 0.227 e. The van der Waals surface area contributed by atoms with E-state index >= 15 is 0 Å². The molecule has 1 saturated heterocycles. The van der Waals surface area contributed by atoms with Gasteiger partial charge in [-0.15, -0.1) is 11.3 Å². The summed E-state index contributed by atoms with van der Waals surface area (Å²) >= 11 is 1.69. The van der Waals surface area contributed by atoms with E-state index in [0.29, 0.717) is 6.42 Å². The summed E-state index contributed by atoms with van der Waals surface area (Å²) in [7, 11) is 0. The number of carbonyl (C=O) groups excluding carboxylic acids is 1. The second kappa shape index (κ2) is 6.96. The average Bonchev–Trinajstić information content (AvgIpc) is 3.26. The lowest BCUT2D eigenvalue weighted by atomic mass is 10.0. The molecule has 0 aliphatic carbocycles. The minimum Gasteiger partial charge on any atom is -0.342 e. The van der Waals surface area contributed by atoms with Crippen molar-refractivity contribution >= 4 is 28.0 Å². The summed E-state index contributed by atoms with van der Waals surface area (Å²) in [6.07, 6.45) is 3.60. The number of aromatic nitrogens is 1. The van der Waals surface area contributed by atoms with Crippen molar-refractivity contribution in [3.05, 3.63) is 63.6 Å². The number of hydrogen-bond donors (Lipinski definition) is 0. The molecule has 0 radical (unpaired) electrons. The van der Waals surface area contributed by atoms with Gasteiger partial charge < -0.3 is 4.90 Å². The van der Waals surface area contributed by atoms with Crippen LogP contribution in [0.1, 0.15) is 34.0 Å². The molecule has 1 aromatic heterocycles.